The van der Waals surface area contributed by atoms with E-state index < -0.39 is 10.0 Å². The average molecular weight is 370 g/mol. The molecule has 1 N–H and O–H groups in total. The van der Waals surface area contributed by atoms with E-state index in [9.17, 15) is 8.42 Å². The van der Waals surface area contributed by atoms with E-state index in [-0.39, 0.29) is 4.90 Å². The lowest BCUT2D eigenvalue weighted by Gasteiger charge is -2.08. The number of hydrogen-bond donors (Lipinski definition) is 1. The fourth-order valence-corrected chi connectivity index (χ4v) is 4.82. The molecule has 120 valence electrons. The minimum absolute atomic E-state index is 0.167. The summed E-state index contributed by atoms with van der Waals surface area (Å²) in [7, 11) is -3.76. The Morgan fingerprint density at radius 2 is 2.00 bits per heavy atom. The van der Waals surface area contributed by atoms with Crippen LogP contribution in [0.1, 0.15) is 10.8 Å². The molecule has 23 heavy (non-hydrogen) atoms. The van der Waals surface area contributed by atoms with Crippen LogP contribution in [0.15, 0.2) is 39.8 Å². The van der Waals surface area contributed by atoms with Gasteiger partial charge in [0.15, 0.2) is 0 Å². The average Bonchev–Trinajstić information content (AvgIpc) is 3.07. The Morgan fingerprint density at radius 3 is 2.65 bits per heavy atom. The maximum Gasteiger partial charge on any atom is 0.263 e. The van der Waals surface area contributed by atoms with Gasteiger partial charge in [0.25, 0.3) is 10.0 Å². The number of nitrogens with one attached hydrogen (secondary N) is 1. The largest absolute Gasteiger partial charge is 0.339 e. The molecule has 0 atom stereocenters. The van der Waals surface area contributed by atoms with Crippen molar-refractivity contribution in [2.45, 2.75) is 18.7 Å². The van der Waals surface area contributed by atoms with E-state index in [1.807, 2.05) is 0 Å². The van der Waals surface area contributed by atoms with Gasteiger partial charge in [-0.1, -0.05) is 28.9 Å². The summed E-state index contributed by atoms with van der Waals surface area (Å²) in [5.41, 5.74) is 0.330. The molecule has 0 radical (unpaired) electrons. The molecule has 0 aliphatic carbocycles. The van der Waals surface area contributed by atoms with Crippen molar-refractivity contribution in [3.8, 4) is 10.7 Å². The number of anilines is 1. The standard InChI is InChI=1S/C14H12ClN3O3S2/c1-8-13(7-12(22-8)14-16-9(2)21-17-14)23(19,20)18-11-6-4-3-5-10(11)15/h3-7,18H,1-2H3. The summed E-state index contributed by atoms with van der Waals surface area (Å²) in [4.78, 5) is 5.53. The number of benzene rings is 1. The van der Waals surface area contributed by atoms with Crippen LogP contribution < -0.4 is 4.72 Å². The van der Waals surface area contributed by atoms with E-state index in [4.69, 9.17) is 16.1 Å². The summed E-state index contributed by atoms with van der Waals surface area (Å²) in [6.45, 7) is 3.40. The smallest absolute Gasteiger partial charge is 0.263 e. The van der Waals surface area contributed by atoms with E-state index >= 15 is 0 Å². The monoisotopic (exact) mass is 369 g/mol. The van der Waals surface area contributed by atoms with Crippen LogP contribution in [0.5, 0.6) is 0 Å². The SMILES string of the molecule is Cc1nc(-c2cc(S(=O)(=O)Nc3ccccc3Cl)c(C)s2)no1. The summed E-state index contributed by atoms with van der Waals surface area (Å²) in [5, 5.41) is 4.14. The number of thiophene rings is 1. The normalized spacial score (nSPS) is 11.6. The summed E-state index contributed by atoms with van der Waals surface area (Å²) >= 11 is 7.29. The number of sulfonamides is 1. The van der Waals surface area contributed by atoms with Gasteiger partial charge in [-0.05, 0) is 25.1 Å². The first kappa shape index (κ1) is 16.0. The van der Waals surface area contributed by atoms with Crippen LogP contribution >= 0.6 is 22.9 Å². The lowest BCUT2D eigenvalue weighted by molar-refractivity contribution is 0.394. The van der Waals surface area contributed by atoms with Gasteiger partial charge >= 0.3 is 0 Å². The van der Waals surface area contributed by atoms with E-state index in [1.54, 1.807) is 38.1 Å². The number of aryl methyl sites for hydroxylation is 2. The van der Waals surface area contributed by atoms with Gasteiger partial charge < -0.3 is 4.52 Å². The molecular weight excluding hydrogens is 358 g/mol. The number of nitrogens with zero attached hydrogens (tertiary/aromatic N) is 2. The van der Waals surface area contributed by atoms with E-state index in [1.165, 1.54) is 17.4 Å². The second-order valence-corrected chi connectivity index (χ2v) is 8.07. The van der Waals surface area contributed by atoms with Crippen LogP contribution in [0.2, 0.25) is 5.02 Å². The second kappa shape index (κ2) is 5.95. The van der Waals surface area contributed by atoms with Crippen LogP contribution in [0, 0.1) is 13.8 Å². The maximum atomic E-state index is 12.6. The Hall–Kier alpha value is -1.90. The molecule has 0 aliphatic heterocycles. The Kier molecular flexibility index (Phi) is 4.13. The highest BCUT2D eigenvalue weighted by Crippen LogP contribution is 2.33. The number of hydrogen-bond acceptors (Lipinski definition) is 6. The molecule has 3 aromatic rings. The predicted molar refractivity (Wildman–Crippen MR) is 89.3 cm³/mol. The third-order valence-corrected chi connectivity index (χ3v) is 6.02. The van der Waals surface area contributed by atoms with Crippen LogP contribution in [-0.2, 0) is 10.0 Å². The first-order chi connectivity index (χ1) is 10.9. The van der Waals surface area contributed by atoms with Crippen molar-refractivity contribution in [2.75, 3.05) is 4.72 Å². The molecule has 0 unspecified atom stereocenters. The van der Waals surface area contributed by atoms with Crippen molar-refractivity contribution < 1.29 is 12.9 Å². The van der Waals surface area contributed by atoms with Gasteiger partial charge in [0.1, 0.15) is 4.90 Å². The van der Waals surface area contributed by atoms with Gasteiger partial charge in [0.05, 0.1) is 15.6 Å². The second-order valence-electron chi connectivity index (χ2n) is 4.75. The van der Waals surface area contributed by atoms with Gasteiger partial charge in [-0.2, -0.15) is 4.98 Å². The highest BCUT2D eigenvalue weighted by Gasteiger charge is 2.22. The molecule has 2 aromatic heterocycles. The zero-order valence-corrected chi connectivity index (χ0v) is 14.6. The van der Waals surface area contributed by atoms with Crippen molar-refractivity contribution in [3.05, 3.63) is 46.1 Å². The number of para-hydroxylation sites is 1. The van der Waals surface area contributed by atoms with Crippen LogP contribution in [0.25, 0.3) is 10.7 Å². The zero-order valence-electron chi connectivity index (χ0n) is 12.2. The Balaban J connectivity index is 1.97. The first-order valence-corrected chi connectivity index (χ1v) is 9.23. The molecule has 3 rings (SSSR count). The van der Waals surface area contributed by atoms with Gasteiger partial charge in [-0.3, -0.25) is 4.72 Å². The molecule has 0 amide bonds. The van der Waals surface area contributed by atoms with E-state index in [0.717, 1.165) is 0 Å². The van der Waals surface area contributed by atoms with Crippen molar-refractivity contribution in [1.82, 2.24) is 10.1 Å². The van der Waals surface area contributed by atoms with Crippen LogP contribution in [0.4, 0.5) is 5.69 Å². The Labute approximate surface area is 142 Å². The third-order valence-electron chi connectivity index (χ3n) is 3.03. The van der Waals surface area contributed by atoms with Crippen molar-refractivity contribution in [2.24, 2.45) is 0 Å². The molecule has 0 aliphatic rings. The zero-order chi connectivity index (χ0) is 16.6. The van der Waals surface area contributed by atoms with Gasteiger partial charge in [0.2, 0.25) is 11.7 Å². The molecule has 9 heteroatoms. The topological polar surface area (TPSA) is 85.1 Å². The fourth-order valence-electron chi connectivity index (χ4n) is 1.99. The fraction of sp³-hybridized carbons (Fsp3) is 0.143. The molecule has 0 saturated carbocycles. The number of aromatic nitrogens is 2. The Bertz CT molecular complexity index is 963. The maximum absolute atomic E-state index is 12.6. The summed E-state index contributed by atoms with van der Waals surface area (Å²) in [6, 6.07) is 8.19. The minimum Gasteiger partial charge on any atom is -0.339 e. The predicted octanol–water partition coefficient (Wildman–Crippen LogP) is 3.87. The highest BCUT2D eigenvalue weighted by molar-refractivity contribution is 7.93. The molecule has 0 spiro atoms. The molecule has 0 fully saturated rings. The molecule has 2 heterocycles. The number of halogens is 1. The number of rotatable bonds is 4. The lowest BCUT2D eigenvalue weighted by atomic mass is 10.3. The Morgan fingerprint density at radius 1 is 1.26 bits per heavy atom. The first-order valence-electron chi connectivity index (χ1n) is 6.55. The van der Waals surface area contributed by atoms with Gasteiger partial charge in [-0.25, -0.2) is 8.42 Å². The minimum atomic E-state index is -3.76. The van der Waals surface area contributed by atoms with Gasteiger partial charge in [0, 0.05) is 11.8 Å². The lowest BCUT2D eigenvalue weighted by Crippen LogP contribution is -2.13. The summed E-state index contributed by atoms with van der Waals surface area (Å²) in [6.07, 6.45) is 0. The van der Waals surface area contributed by atoms with Crippen LogP contribution in [0.3, 0.4) is 0 Å². The molecule has 1 aromatic carbocycles. The summed E-state index contributed by atoms with van der Waals surface area (Å²) in [5.74, 6) is 0.791. The third kappa shape index (κ3) is 3.24. The van der Waals surface area contributed by atoms with Gasteiger partial charge in [-0.15, -0.1) is 11.3 Å². The van der Waals surface area contributed by atoms with Crippen molar-refractivity contribution in [1.29, 1.82) is 0 Å². The molecule has 0 bridgehead atoms. The molecular formula is C14H12ClN3O3S2. The van der Waals surface area contributed by atoms with Crippen LogP contribution in [-0.4, -0.2) is 18.6 Å². The van der Waals surface area contributed by atoms with Crippen molar-refractivity contribution >= 4 is 38.6 Å². The summed E-state index contributed by atoms with van der Waals surface area (Å²) < 4.78 is 32.6. The van der Waals surface area contributed by atoms with Crippen molar-refractivity contribution in [3.63, 3.8) is 0 Å². The van der Waals surface area contributed by atoms with E-state index in [0.29, 0.717) is 32.2 Å². The van der Waals surface area contributed by atoms with E-state index in [2.05, 4.69) is 14.9 Å². The quantitative estimate of drug-likeness (QED) is 0.754. The highest BCUT2D eigenvalue weighted by atomic mass is 35.5. The molecule has 0 saturated heterocycles. The molecule has 6 nitrogen and oxygen atoms in total.